The molecule has 0 radical (unpaired) electrons. The Morgan fingerprint density at radius 2 is 1.48 bits per heavy atom. The first kappa shape index (κ1) is 19.2. The van der Waals surface area contributed by atoms with Crippen LogP contribution in [0.4, 0.5) is 0 Å². The van der Waals surface area contributed by atoms with Gasteiger partial charge in [0.1, 0.15) is 5.75 Å². The molecule has 2 aromatic carbocycles. The van der Waals surface area contributed by atoms with Crippen LogP contribution in [-0.4, -0.2) is 36.6 Å². The second-order valence-electron chi connectivity index (χ2n) is 4.68. The third-order valence-electron chi connectivity index (χ3n) is 2.99. The molecule has 0 saturated heterocycles. The van der Waals surface area contributed by atoms with Crippen LogP contribution in [0.25, 0.3) is 11.1 Å². The highest BCUT2D eigenvalue weighted by molar-refractivity contribution is 5.73. The summed E-state index contributed by atoms with van der Waals surface area (Å²) in [5.41, 5.74) is 3.26. The molecular formula is C19H26O4. The molecular weight excluding hydrogens is 292 g/mol. The fourth-order valence-corrected chi connectivity index (χ4v) is 2.13. The molecule has 0 amide bonds. The first-order valence-corrected chi connectivity index (χ1v) is 7.88. The number of hydrogen-bond donors (Lipinski definition) is 2. The number of rotatable bonds is 7. The van der Waals surface area contributed by atoms with E-state index in [0.717, 1.165) is 22.4 Å². The highest BCUT2D eigenvalue weighted by Crippen LogP contribution is 2.32. The molecule has 126 valence electrons. The van der Waals surface area contributed by atoms with Crippen molar-refractivity contribution in [3.63, 3.8) is 0 Å². The molecule has 23 heavy (non-hydrogen) atoms. The molecule has 4 heteroatoms. The van der Waals surface area contributed by atoms with Crippen LogP contribution < -0.4 is 4.74 Å². The van der Waals surface area contributed by atoms with E-state index in [-0.39, 0.29) is 13.2 Å². The van der Waals surface area contributed by atoms with Crippen molar-refractivity contribution in [3.8, 4) is 16.9 Å². The summed E-state index contributed by atoms with van der Waals surface area (Å²) < 4.78 is 11.1. The van der Waals surface area contributed by atoms with Crippen molar-refractivity contribution in [1.82, 2.24) is 0 Å². The minimum Gasteiger partial charge on any atom is -0.493 e. The van der Waals surface area contributed by atoms with Crippen molar-refractivity contribution >= 4 is 0 Å². The van der Waals surface area contributed by atoms with Crippen LogP contribution in [0.2, 0.25) is 0 Å². The molecule has 2 aromatic rings. The number of aliphatic hydroxyl groups is 2. The van der Waals surface area contributed by atoms with Gasteiger partial charge in [0.15, 0.2) is 0 Å². The van der Waals surface area contributed by atoms with Crippen molar-refractivity contribution in [2.45, 2.75) is 20.5 Å². The highest BCUT2D eigenvalue weighted by Gasteiger charge is 2.09. The summed E-state index contributed by atoms with van der Waals surface area (Å²) in [6.07, 6.45) is 0. The molecule has 0 heterocycles. The van der Waals surface area contributed by atoms with Crippen LogP contribution in [0.15, 0.2) is 48.5 Å². The zero-order chi connectivity index (χ0) is 16.9. The summed E-state index contributed by atoms with van der Waals surface area (Å²) in [7, 11) is 0. The lowest BCUT2D eigenvalue weighted by Crippen LogP contribution is -2.01. The van der Waals surface area contributed by atoms with Crippen LogP contribution >= 0.6 is 0 Å². The van der Waals surface area contributed by atoms with E-state index in [4.69, 9.17) is 19.7 Å². The molecule has 0 aliphatic heterocycles. The molecule has 0 bridgehead atoms. The molecule has 0 atom stereocenters. The maximum Gasteiger partial charge on any atom is 0.127 e. The van der Waals surface area contributed by atoms with E-state index in [1.54, 1.807) is 6.92 Å². The Labute approximate surface area is 138 Å². The fourth-order valence-electron chi connectivity index (χ4n) is 2.13. The van der Waals surface area contributed by atoms with Gasteiger partial charge < -0.3 is 19.7 Å². The summed E-state index contributed by atoms with van der Waals surface area (Å²) in [6, 6.07) is 16.1. The molecule has 0 aromatic heterocycles. The van der Waals surface area contributed by atoms with E-state index >= 15 is 0 Å². The second-order valence-corrected chi connectivity index (χ2v) is 4.68. The summed E-state index contributed by atoms with van der Waals surface area (Å²) in [6.45, 7) is 5.42. The second kappa shape index (κ2) is 11.7. The first-order valence-electron chi connectivity index (χ1n) is 7.88. The van der Waals surface area contributed by atoms with Crippen molar-refractivity contribution in [2.75, 3.05) is 26.4 Å². The monoisotopic (exact) mass is 318 g/mol. The number of ether oxygens (including phenoxy) is 2. The Morgan fingerprint density at radius 3 is 2.13 bits per heavy atom. The van der Waals surface area contributed by atoms with Gasteiger partial charge in [-0.2, -0.15) is 0 Å². The van der Waals surface area contributed by atoms with E-state index in [1.807, 2.05) is 43.3 Å². The van der Waals surface area contributed by atoms with Gasteiger partial charge in [0.05, 0.1) is 26.4 Å². The Hall–Kier alpha value is -1.88. The largest absolute Gasteiger partial charge is 0.493 e. The van der Waals surface area contributed by atoms with Gasteiger partial charge in [-0.15, -0.1) is 0 Å². The maximum absolute atomic E-state index is 8.80. The van der Waals surface area contributed by atoms with E-state index in [2.05, 4.69) is 12.1 Å². The van der Waals surface area contributed by atoms with Crippen molar-refractivity contribution in [2.24, 2.45) is 0 Å². The SMILES string of the molecule is CCO.CCOc1ccccc1-c1ccccc1COCCO. The van der Waals surface area contributed by atoms with E-state index < -0.39 is 0 Å². The lowest BCUT2D eigenvalue weighted by Gasteiger charge is -2.14. The molecule has 2 N–H and O–H groups in total. The summed E-state index contributed by atoms with van der Waals surface area (Å²) >= 11 is 0. The lowest BCUT2D eigenvalue weighted by molar-refractivity contribution is 0.0818. The normalized spacial score (nSPS) is 9.91. The molecule has 0 saturated carbocycles. The first-order chi connectivity index (χ1) is 11.3. The summed E-state index contributed by atoms with van der Waals surface area (Å²) in [4.78, 5) is 0. The van der Waals surface area contributed by atoms with Crippen LogP contribution in [0.3, 0.4) is 0 Å². The number of para-hydroxylation sites is 1. The third-order valence-corrected chi connectivity index (χ3v) is 2.99. The minimum absolute atomic E-state index is 0.0394. The standard InChI is InChI=1S/C17H20O3.C2H6O/c1-2-20-17-10-6-5-9-16(17)15-8-4-3-7-14(15)13-19-12-11-18;1-2-3/h3-10,18H,2,11-13H2,1H3;3H,2H2,1H3. The molecule has 0 fully saturated rings. The van der Waals surface area contributed by atoms with Crippen molar-refractivity contribution in [1.29, 1.82) is 0 Å². The topological polar surface area (TPSA) is 58.9 Å². The van der Waals surface area contributed by atoms with E-state index in [1.165, 1.54) is 0 Å². The van der Waals surface area contributed by atoms with Gasteiger partial charge in [0, 0.05) is 12.2 Å². The van der Waals surface area contributed by atoms with Crippen LogP contribution in [0.5, 0.6) is 5.75 Å². The van der Waals surface area contributed by atoms with Crippen LogP contribution in [-0.2, 0) is 11.3 Å². The van der Waals surface area contributed by atoms with Gasteiger partial charge in [-0.25, -0.2) is 0 Å². The molecule has 0 unspecified atom stereocenters. The Morgan fingerprint density at radius 1 is 0.870 bits per heavy atom. The van der Waals surface area contributed by atoms with E-state index in [0.29, 0.717) is 19.8 Å². The van der Waals surface area contributed by atoms with Gasteiger partial charge in [0.2, 0.25) is 0 Å². The lowest BCUT2D eigenvalue weighted by atomic mass is 9.99. The quantitative estimate of drug-likeness (QED) is 0.769. The number of aliphatic hydroxyl groups excluding tert-OH is 2. The summed E-state index contributed by atoms with van der Waals surface area (Å²) in [5.74, 6) is 0.879. The molecule has 0 aliphatic carbocycles. The zero-order valence-electron chi connectivity index (χ0n) is 13.9. The van der Waals surface area contributed by atoms with Gasteiger partial charge in [-0.3, -0.25) is 0 Å². The summed E-state index contributed by atoms with van der Waals surface area (Å²) in [5, 5.41) is 16.4. The molecule has 0 aliphatic rings. The van der Waals surface area contributed by atoms with Gasteiger partial charge in [-0.05, 0) is 31.0 Å². The van der Waals surface area contributed by atoms with Gasteiger partial charge in [0.25, 0.3) is 0 Å². The predicted molar refractivity (Wildman–Crippen MR) is 92.5 cm³/mol. The third kappa shape index (κ3) is 6.40. The Bertz CT molecular complexity index is 555. The molecule has 0 spiro atoms. The van der Waals surface area contributed by atoms with Crippen molar-refractivity contribution < 1.29 is 19.7 Å². The predicted octanol–water partition coefficient (Wildman–Crippen LogP) is 3.26. The Balaban J connectivity index is 0.000000816. The number of hydrogen-bond acceptors (Lipinski definition) is 4. The average molecular weight is 318 g/mol. The highest BCUT2D eigenvalue weighted by atomic mass is 16.5. The van der Waals surface area contributed by atoms with Gasteiger partial charge in [-0.1, -0.05) is 42.5 Å². The van der Waals surface area contributed by atoms with Crippen LogP contribution in [0.1, 0.15) is 19.4 Å². The van der Waals surface area contributed by atoms with Gasteiger partial charge >= 0.3 is 0 Å². The maximum atomic E-state index is 8.80. The fraction of sp³-hybridized carbons (Fsp3) is 0.368. The number of benzene rings is 2. The van der Waals surface area contributed by atoms with E-state index in [9.17, 15) is 0 Å². The van der Waals surface area contributed by atoms with Crippen molar-refractivity contribution in [3.05, 3.63) is 54.1 Å². The zero-order valence-corrected chi connectivity index (χ0v) is 13.9. The molecule has 4 nitrogen and oxygen atoms in total. The smallest absolute Gasteiger partial charge is 0.127 e. The van der Waals surface area contributed by atoms with Crippen LogP contribution in [0, 0.1) is 0 Å². The minimum atomic E-state index is 0.0394. The Kier molecular flexibility index (Phi) is 9.71. The average Bonchev–Trinajstić information content (AvgIpc) is 2.57. The molecule has 2 rings (SSSR count).